The molecule has 4 nitrogen and oxygen atoms in total. The molecule has 3 aromatic rings. The van der Waals surface area contributed by atoms with Crippen LogP contribution in [0.4, 0.5) is 4.39 Å². The Labute approximate surface area is 151 Å². The Balaban J connectivity index is 1.62. The van der Waals surface area contributed by atoms with Crippen molar-refractivity contribution < 1.29 is 13.5 Å². The number of aromatic nitrogens is 2. The molecule has 124 valence electrons. The van der Waals surface area contributed by atoms with E-state index in [4.69, 9.17) is 9.15 Å². The molecule has 1 aromatic heterocycles. The minimum absolute atomic E-state index is 0.276. The van der Waals surface area contributed by atoms with Crippen molar-refractivity contribution in [2.75, 3.05) is 7.11 Å². The van der Waals surface area contributed by atoms with E-state index in [2.05, 4.69) is 26.1 Å². The highest BCUT2D eigenvalue weighted by Gasteiger charge is 2.10. The zero-order valence-corrected chi connectivity index (χ0v) is 15.2. The number of benzene rings is 2. The van der Waals surface area contributed by atoms with Crippen molar-refractivity contribution in [3.8, 4) is 17.2 Å². The average molecular weight is 409 g/mol. The van der Waals surface area contributed by atoms with Crippen molar-refractivity contribution in [3.05, 3.63) is 64.2 Å². The molecule has 1 heterocycles. The quantitative estimate of drug-likeness (QED) is 0.568. The van der Waals surface area contributed by atoms with Gasteiger partial charge in [-0.25, -0.2) is 4.39 Å². The third kappa shape index (κ3) is 4.15. The number of hydrogen-bond donors (Lipinski definition) is 0. The minimum atomic E-state index is -0.276. The molecule has 3 rings (SSSR count). The minimum Gasteiger partial charge on any atom is -0.496 e. The van der Waals surface area contributed by atoms with Gasteiger partial charge < -0.3 is 9.15 Å². The van der Waals surface area contributed by atoms with Crippen LogP contribution in [0.3, 0.4) is 0 Å². The Bertz CT molecular complexity index is 824. The molecule has 7 heteroatoms. The monoisotopic (exact) mass is 408 g/mol. The van der Waals surface area contributed by atoms with E-state index in [1.807, 2.05) is 24.3 Å². The highest BCUT2D eigenvalue weighted by Crippen LogP contribution is 2.27. The average Bonchev–Trinajstić information content (AvgIpc) is 3.05. The van der Waals surface area contributed by atoms with Crippen molar-refractivity contribution in [2.24, 2.45) is 0 Å². The maximum absolute atomic E-state index is 13.3. The van der Waals surface area contributed by atoms with Gasteiger partial charge in [-0.2, -0.15) is 0 Å². The Morgan fingerprint density at radius 2 is 1.92 bits per heavy atom. The van der Waals surface area contributed by atoms with Gasteiger partial charge in [0.25, 0.3) is 0 Å². The van der Waals surface area contributed by atoms with E-state index >= 15 is 0 Å². The van der Waals surface area contributed by atoms with E-state index in [-0.39, 0.29) is 5.82 Å². The van der Waals surface area contributed by atoms with Crippen LogP contribution in [0.5, 0.6) is 5.75 Å². The fourth-order valence-corrected chi connectivity index (χ4v) is 3.23. The number of ether oxygens (including phenoxy) is 1. The molecule has 0 atom stereocenters. The third-order valence-corrected chi connectivity index (χ3v) is 4.78. The first-order valence-electron chi connectivity index (χ1n) is 7.14. The van der Waals surface area contributed by atoms with E-state index < -0.39 is 0 Å². The van der Waals surface area contributed by atoms with Crippen molar-refractivity contribution in [3.63, 3.8) is 0 Å². The van der Waals surface area contributed by atoms with Crippen LogP contribution in [0.25, 0.3) is 11.5 Å². The third-order valence-electron chi connectivity index (χ3n) is 3.28. The SMILES string of the molecule is COc1ccc(F)cc1CSCc1nnc(-c2ccc(Br)cc2)o1. The summed E-state index contributed by atoms with van der Waals surface area (Å²) in [4.78, 5) is 0. The molecule has 2 aromatic carbocycles. The molecule has 0 bridgehead atoms. The summed E-state index contributed by atoms with van der Waals surface area (Å²) in [5.41, 5.74) is 1.67. The maximum Gasteiger partial charge on any atom is 0.247 e. The summed E-state index contributed by atoms with van der Waals surface area (Å²) >= 11 is 4.95. The van der Waals surface area contributed by atoms with Crippen LogP contribution in [0.1, 0.15) is 11.5 Å². The van der Waals surface area contributed by atoms with Gasteiger partial charge in [0.1, 0.15) is 11.6 Å². The normalized spacial score (nSPS) is 10.8. The second kappa shape index (κ2) is 7.81. The maximum atomic E-state index is 13.3. The van der Waals surface area contributed by atoms with Crippen LogP contribution in [0.2, 0.25) is 0 Å². The van der Waals surface area contributed by atoms with Crippen LogP contribution in [0, 0.1) is 5.82 Å². The smallest absolute Gasteiger partial charge is 0.247 e. The van der Waals surface area contributed by atoms with Crippen molar-refractivity contribution in [2.45, 2.75) is 11.5 Å². The van der Waals surface area contributed by atoms with E-state index in [0.717, 1.165) is 15.6 Å². The Morgan fingerprint density at radius 1 is 1.12 bits per heavy atom. The lowest BCUT2D eigenvalue weighted by molar-refractivity contribution is 0.410. The van der Waals surface area contributed by atoms with Gasteiger partial charge in [0.15, 0.2) is 0 Å². The molecule has 0 amide bonds. The van der Waals surface area contributed by atoms with Crippen LogP contribution >= 0.6 is 27.7 Å². The molecule has 0 saturated carbocycles. The number of hydrogen-bond acceptors (Lipinski definition) is 5. The fraction of sp³-hybridized carbons (Fsp3) is 0.176. The van der Waals surface area contributed by atoms with Gasteiger partial charge in [0.2, 0.25) is 11.8 Å². The molecule has 0 saturated heterocycles. The van der Waals surface area contributed by atoms with Crippen LogP contribution < -0.4 is 4.74 Å². The first-order chi connectivity index (χ1) is 11.7. The number of thioether (sulfide) groups is 1. The molecule has 0 aliphatic rings. The van der Waals surface area contributed by atoms with E-state index in [1.165, 1.54) is 12.1 Å². The number of nitrogens with zero attached hydrogens (tertiary/aromatic N) is 2. The van der Waals surface area contributed by atoms with Gasteiger partial charge in [0, 0.05) is 21.4 Å². The summed E-state index contributed by atoms with van der Waals surface area (Å²) in [6, 6.07) is 12.2. The number of rotatable bonds is 6. The molecule has 0 fully saturated rings. The van der Waals surface area contributed by atoms with Crippen LogP contribution in [0.15, 0.2) is 51.4 Å². The molecule has 0 N–H and O–H groups in total. The molecular weight excluding hydrogens is 395 g/mol. The predicted molar refractivity (Wildman–Crippen MR) is 95.4 cm³/mol. The van der Waals surface area contributed by atoms with E-state index in [9.17, 15) is 4.39 Å². The fourth-order valence-electron chi connectivity index (χ4n) is 2.13. The Morgan fingerprint density at radius 3 is 2.67 bits per heavy atom. The summed E-state index contributed by atoms with van der Waals surface area (Å²) in [6.45, 7) is 0. The number of methoxy groups -OCH3 is 1. The topological polar surface area (TPSA) is 48.2 Å². The summed E-state index contributed by atoms with van der Waals surface area (Å²) in [5, 5.41) is 8.11. The van der Waals surface area contributed by atoms with Gasteiger partial charge in [-0.15, -0.1) is 22.0 Å². The van der Waals surface area contributed by atoms with Gasteiger partial charge >= 0.3 is 0 Å². The lowest BCUT2D eigenvalue weighted by Crippen LogP contribution is -1.92. The van der Waals surface area contributed by atoms with Gasteiger partial charge in [-0.05, 0) is 42.5 Å². The molecule has 0 unspecified atom stereocenters. The summed E-state index contributed by atoms with van der Waals surface area (Å²) in [7, 11) is 1.57. The van der Waals surface area contributed by atoms with E-state index in [1.54, 1.807) is 24.9 Å². The van der Waals surface area contributed by atoms with Crippen molar-refractivity contribution >= 4 is 27.7 Å². The van der Waals surface area contributed by atoms with Crippen molar-refractivity contribution in [1.82, 2.24) is 10.2 Å². The van der Waals surface area contributed by atoms with Gasteiger partial charge in [-0.3, -0.25) is 0 Å². The second-order valence-corrected chi connectivity index (χ2v) is 6.86. The summed E-state index contributed by atoms with van der Waals surface area (Å²) in [6.07, 6.45) is 0. The predicted octanol–water partition coefficient (Wildman–Crippen LogP) is 5.08. The summed E-state index contributed by atoms with van der Waals surface area (Å²) < 4.78 is 25.2. The lowest BCUT2D eigenvalue weighted by Gasteiger charge is -2.07. The first kappa shape index (κ1) is 17.0. The zero-order chi connectivity index (χ0) is 16.9. The molecule has 0 radical (unpaired) electrons. The largest absolute Gasteiger partial charge is 0.496 e. The van der Waals surface area contributed by atoms with E-state index in [0.29, 0.717) is 29.0 Å². The molecule has 0 aliphatic heterocycles. The van der Waals surface area contributed by atoms with Crippen LogP contribution in [-0.2, 0) is 11.5 Å². The molecule has 0 aliphatic carbocycles. The van der Waals surface area contributed by atoms with Gasteiger partial charge in [-0.1, -0.05) is 15.9 Å². The van der Waals surface area contributed by atoms with Crippen molar-refractivity contribution in [1.29, 1.82) is 0 Å². The lowest BCUT2D eigenvalue weighted by atomic mass is 10.2. The summed E-state index contributed by atoms with van der Waals surface area (Å²) in [5.74, 6) is 2.56. The highest BCUT2D eigenvalue weighted by molar-refractivity contribution is 9.10. The first-order valence-corrected chi connectivity index (χ1v) is 9.09. The van der Waals surface area contributed by atoms with Crippen LogP contribution in [-0.4, -0.2) is 17.3 Å². The Kier molecular flexibility index (Phi) is 5.52. The highest BCUT2D eigenvalue weighted by atomic mass is 79.9. The van der Waals surface area contributed by atoms with Gasteiger partial charge in [0.05, 0.1) is 12.9 Å². The Hall–Kier alpha value is -1.86. The molecule has 24 heavy (non-hydrogen) atoms. The molecular formula is C17H14BrFN2O2S. The zero-order valence-electron chi connectivity index (χ0n) is 12.8. The standard InChI is InChI=1S/C17H14BrFN2O2S/c1-22-15-7-6-14(19)8-12(15)9-24-10-16-20-21-17(23-16)11-2-4-13(18)5-3-11/h2-8H,9-10H2,1H3. The number of halogens is 2. The second-order valence-electron chi connectivity index (χ2n) is 4.96. The molecule has 0 spiro atoms.